The van der Waals surface area contributed by atoms with Crippen LogP contribution in [0, 0.1) is 0 Å². The summed E-state index contributed by atoms with van der Waals surface area (Å²) in [5.74, 6) is 0. The number of nitrogens with zero attached hydrogens (tertiary/aromatic N) is 1. The predicted molar refractivity (Wildman–Crippen MR) is 85.7 cm³/mol. The molecule has 0 aliphatic carbocycles. The maximum atomic E-state index is 3.64. The molecule has 0 spiro atoms. The Labute approximate surface area is 121 Å². The van der Waals surface area contributed by atoms with E-state index in [1.807, 2.05) is 0 Å². The molecule has 0 saturated carbocycles. The maximum Gasteiger partial charge on any atom is 0.0195 e. The normalized spacial score (nSPS) is 21.2. The van der Waals surface area contributed by atoms with Crippen LogP contribution in [0.5, 0.6) is 0 Å². The largest absolute Gasteiger partial charge is 0.313 e. The van der Waals surface area contributed by atoms with Gasteiger partial charge in [0.15, 0.2) is 0 Å². The number of nitrogens with one attached hydrogen (secondary N) is 1. The van der Waals surface area contributed by atoms with Crippen molar-refractivity contribution >= 4 is 0 Å². The molecule has 2 heteroatoms. The number of unbranched alkanes of at least 4 members (excludes halogenated alkanes) is 4. The Morgan fingerprint density at radius 2 is 1.89 bits per heavy atom. The van der Waals surface area contributed by atoms with Crippen LogP contribution in [0.25, 0.3) is 0 Å². The van der Waals surface area contributed by atoms with Gasteiger partial charge in [0, 0.05) is 18.6 Å². The van der Waals surface area contributed by atoms with Crippen LogP contribution in [-0.4, -0.2) is 36.6 Å². The zero-order chi connectivity index (χ0) is 13.9. The van der Waals surface area contributed by atoms with Crippen molar-refractivity contribution in [3.05, 3.63) is 0 Å². The molecule has 1 rings (SSSR count). The van der Waals surface area contributed by atoms with Crippen LogP contribution in [0.4, 0.5) is 0 Å². The summed E-state index contributed by atoms with van der Waals surface area (Å²) in [7, 11) is 0. The SMILES string of the molecule is CCCCCCCC(C)N(CCC)CC1CCCN1. The summed E-state index contributed by atoms with van der Waals surface area (Å²) in [5.41, 5.74) is 0. The van der Waals surface area contributed by atoms with Gasteiger partial charge in [0.05, 0.1) is 0 Å². The van der Waals surface area contributed by atoms with Crippen molar-refractivity contribution in [3.63, 3.8) is 0 Å². The Hall–Kier alpha value is -0.0800. The molecule has 1 aliphatic rings. The average Bonchev–Trinajstić information content (AvgIpc) is 2.91. The van der Waals surface area contributed by atoms with Crippen molar-refractivity contribution in [2.45, 2.75) is 90.6 Å². The zero-order valence-corrected chi connectivity index (χ0v) is 13.6. The minimum Gasteiger partial charge on any atom is -0.313 e. The molecule has 114 valence electrons. The van der Waals surface area contributed by atoms with Crippen LogP contribution >= 0.6 is 0 Å². The van der Waals surface area contributed by atoms with Crippen LogP contribution < -0.4 is 5.32 Å². The molecule has 1 N–H and O–H groups in total. The van der Waals surface area contributed by atoms with Gasteiger partial charge in [0.1, 0.15) is 0 Å². The predicted octanol–water partition coefficient (Wildman–Crippen LogP) is 4.20. The second kappa shape index (κ2) is 10.7. The van der Waals surface area contributed by atoms with Crippen molar-refractivity contribution < 1.29 is 0 Å². The number of hydrogen-bond donors (Lipinski definition) is 1. The Balaban J connectivity index is 2.20. The summed E-state index contributed by atoms with van der Waals surface area (Å²) in [6.07, 6.45) is 12.5. The molecule has 1 heterocycles. The molecule has 2 atom stereocenters. The summed E-state index contributed by atoms with van der Waals surface area (Å²) in [6.45, 7) is 10.8. The van der Waals surface area contributed by atoms with Crippen LogP contribution in [0.15, 0.2) is 0 Å². The van der Waals surface area contributed by atoms with Gasteiger partial charge in [-0.3, -0.25) is 4.90 Å². The van der Waals surface area contributed by atoms with Crippen LogP contribution in [0.1, 0.15) is 78.6 Å². The maximum absolute atomic E-state index is 3.64. The smallest absolute Gasteiger partial charge is 0.0195 e. The lowest BCUT2D eigenvalue weighted by atomic mass is 10.1. The van der Waals surface area contributed by atoms with E-state index in [2.05, 4.69) is 31.0 Å². The highest BCUT2D eigenvalue weighted by Crippen LogP contribution is 2.15. The highest BCUT2D eigenvalue weighted by atomic mass is 15.2. The molecular formula is C17H36N2. The molecule has 1 saturated heterocycles. The molecule has 19 heavy (non-hydrogen) atoms. The standard InChI is InChI=1S/C17H36N2/c1-4-6-7-8-9-11-16(3)19(14-5-2)15-17-12-10-13-18-17/h16-18H,4-15H2,1-3H3. The molecule has 0 aromatic rings. The second-order valence-electron chi connectivity index (χ2n) is 6.34. The fourth-order valence-electron chi connectivity index (χ4n) is 3.20. The van der Waals surface area contributed by atoms with E-state index in [1.54, 1.807) is 0 Å². The fraction of sp³-hybridized carbons (Fsp3) is 1.00. The molecule has 1 fully saturated rings. The molecule has 2 nitrogen and oxygen atoms in total. The second-order valence-corrected chi connectivity index (χ2v) is 6.34. The molecule has 1 aliphatic heterocycles. The first kappa shape index (κ1) is 17.0. The lowest BCUT2D eigenvalue weighted by molar-refractivity contribution is 0.180. The zero-order valence-electron chi connectivity index (χ0n) is 13.6. The van der Waals surface area contributed by atoms with E-state index in [-0.39, 0.29) is 0 Å². The quantitative estimate of drug-likeness (QED) is 0.565. The van der Waals surface area contributed by atoms with Crippen molar-refractivity contribution in [2.24, 2.45) is 0 Å². The third-order valence-electron chi connectivity index (χ3n) is 4.48. The summed E-state index contributed by atoms with van der Waals surface area (Å²) in [5, 5.41) is 3.64. The Morgan fingerprint density at radius 3 is 2.53 bits per heavy atom. The Morgan fingerprint density at radius 1 is 1.11 bits per heavy atom. The first-order valence-corrected chi connectivity index (χ1v) is 8.75. The molecule has 0 aromatic heterocycles. The first-order valence-electron chi connectivity index (χ1n) is 8.75. The highest BCUT2D eigenvalue weighted by Gasteiger charge is 2.20. The van der Waals surface area contributed by atoms with E-state index in [9.17, 15) is 0 Å². The van der Waals surface area contributed by atoms with Crippen molar-refractivity contribution in [2.75, 3.05) is 19.6 Å². The van der Waals surface area contributed by atoms with Gasteiger partial charge in [0.25, 0.3) is 0 Å². The van der Waals surface area contributed by atoms with Crippen LogP contribution in [-0.2, 0) is 0 Å². The van der Waals surface area contributed by atoms with Crippen LogP contribution in [0.3, 0.4) is 0 Å². The third kappa shape index (κ3) is 7.31. The summed E-state index contributed by atoms with van der Waals surface area (Å²) in [6, 6.07) is 1.53. The number of hydrogen-bond acceptors (Lipinski definition) is 2. The topological polar surface area (TPSA) is 15.3 Å². The minimum absolute atomic E-state index is 0.758. The first-order chi connectivity index (χ1) is 9.27. The van der Waals surface area contributed by atoms with Crippen molar-refractivity contribution in [1.29, 1.82) is 0 Å². The molecule has 2 unspecified atom stereocenters. The Bertz CT molecular complexity index is 199. The van der Waals surface area contributed by atoms with Crippen LogP contribution in [0.2, 0.25) is 0 Å². The molecule has 0 amide bonds. The van der Waals surface area contributed by atoms with E-state index in [4.69, 9.17) is 0 Å². The van der Waals surface area contributed by atoms with Gasteiger partial charge in [-0.15, -0.1) is 0 Å². The van der Waals surface area contributed by atoms with E-state index >= 15 is 0 Å². The van der Waals surface area contributed by atoms with E-state index in [1.165, 1.54) is 77.4 Å². The molecule has 0 bridgehead atoms. The summed E-state index contributed by atoms with van der Waals surface area (Å²) < 4.78 is 0. The van der Waals surface area contributed by atoms with E-state index in [0.717, 1.165) is 12.1 Å². The fourth-order valence-corrected chi connectivity index (χ4v) is 3.20. The van der Waals surface area contributed by atoms with Crippen molar-refractivity contribution in [3.8, 4) is 0 Å². The lowest BCUT2D eigenvalue weighted by Gasteiger charge is -2.31. The molecule has 0 aromatic carbocycles. The van der Waals surface area contributed by atoms with Gasteiger partial charge in [-0.05, 0) is 45.7 Å². The third-order valence-corrected chi connectivity index (χ3v) is 4.48. The summed E-state index contributed by atoms with van der Waals surface area (Å²) in [4.78, 5) is 2.73. The van der Waals surface area contributed by atoms with Gasteiger partial charge in [-0.25, -0.2) is 0 Å². The molecule has 0 radical (unpaired) electrons. The monoisotopic (exact) mass is 268 g/mol. The van der Waals surface area contributed by atoms with E-state index < -0.39 is 0 Å². The van der Waals surface area contributed by atoms with Gasteiger partial charge < -0.3 is 5.32 Å². The van der Waals surface area contributed by atoms with Crippen molar-refractivity contribution in [1.82, 2.24) is 10.2 Å². The average molecular weight is 268 g/mol. The van der Waals surface area contributed by atoms with E-state index in [0.29, 0.717) is 0 Å². The number of rotatable bonds is 11. The van der Waals surface area contributed by atoms with Gasteiger partial charge >= 0.3 is 0 Å². The van der Waals surface area contributed by atoms with Gasteiger partial charge in [0.2, 0.25) is 0 Å². The van der Waals surface area contributed by atoms with Gasteiger partial charge in [-0.2, -0.15) is 0 Å². The minimum atomic E-state index is 0.758. The Kier molecular flexibility index (Phi) is 9.54. The lowest BCUT2D eigenvalue weighted by Crippen LogP contribution is -2.42. The molecular weight excluding hydrogens is 232 g/mol. The van der Waals surface area contributed by atoms with Gasteiger partial charge in [-0.1, -0.05) is 46.0 Å². The highest BCUT2D eigenvalue weighted by molar-refractivity contribution is 4.80. The summed E-state index contributed by atoms with van der Waals surface area (Å²) >= 11 is 0.